The molecule has 0 aliphatic carbocycles. The van der Waals surface area contributed by atoms with Gasteiger partial charge in [0.25, 0.3) is 0 Å². The number of nitrogens with one attached hydrogen (secondary N) is 1. The molecular formula is C20H20BN. The smallest absolute Gasteiger partial charge is 0.0814 e. The van der Waals surface area contributed by atoms with Crippen molar-refractivity contribution in [3.63, 3.8) is 0 Å². The van der Waals surface area contributed by atoms with E-state index >= 15 is 0 Å². The van der Waals surface area contributed by atoms with Crippen LogP contribution in [0.1, 0.15) is 0 Å². The van der Waals surface area contributed by atoms with Gasteiger partial charge in [0.15, 0.2) is 0 Å². The Kier molecular flexibility index (Phi) is 5.61. The monoisotopic (exact) mass is 285 g/mol. The fourth-order valence-electron chi connectivity index (χ4n) is 2.29. The minimum Gasteiger partial charge on any atom is -0.368 e. The van der Waals surface area contributed by atoms with E-state index in [1.54, 1.807) is 0 Å². The Bertz CT molecular complexity index is 712. The predicted octanol–water partition coefficient (Wildman–Crippen LogP) is 3.98. The Labute approximate surface area is 133 Å². The van der Waals surface area contributed by atoms with E-state index in [4.69, 9.17) is 0 Å². The summed E-state index contributed by atoms with van der Waals surface area (Å²) in [6, 6.07) is 21.4. The van der Waals surface area contributed by atoms with Gasteiger partial charge in [-0.25, -0.2) is 0 Å². The molecule has 0 aromatic heterocycles. The summed E-state index contributed by atoms with van der Waals surface area (Å²) in [7, 11) is 0. The van der Waals surface area contributed by atoms with Crippen LogP contribution in [0.5, 0.6) is 0 Å². The highest BCUT2D eigenvalue weighted by Gasteiger charge is 1.95. The second-order valence-corrected chi connectivity index (χ2v) is 4.82. The molecule has 3 aromatic rings. The van der Waals surface area contributed by atoms with Crippen molar-refractivity contribution in [2.45, 2.75) is 0 Å². The van der Waals surface area contributed by atoms with Gasteiger partial charge in [0.05, 0.1) is 8.41 Å². The van der Waals surface area contributed by atoms with Gasteiger partial charge < -0.3 is 5.32 Å². The summed E-state index contributed by atoms with van der Waals surface area (Å²) in [4.78, 5) is 0. The predicted molar refractivity (Wildman–Crippen MR) is 102 cm³/mol. The summed E-state index contributed by atoms with van der Waals surface area (Å²) in [5.74, 6) is 0. The van der Waals surface area contributed by atoms with E-state index in [1.165, 1.54) is 21.5 Å². The van der Waals surface area contributed by atoms with E-state index in [9.17, 15) is 0 Å². The van der Waals surface area contributed by atoms with Crippen molar-refractivity contribution in [3.05, 3.63) is 97.4 Å². The van der Waals surface area contributed by atoms with E-state index in [0.717, 1.165) is 0 Å². The van der Waals surface area contributed by atoms with Gasteiger partial charge in [0.1, 0.15) is 0 Å². The number of allylic oxidation sites excluding steroid dienone is 4. The van der Waals surface area contributed by atoms with Crippen LogP contribution in [0.4, 0.5) is 0 Å². The van der Waals surface area contributed by atoms with Crippen LogP contribution in [0.3, 0.4) is 0 Å². The lowest BCUT2D eigenvalue weighted by Crippen LogP contribution is -1.87. The number of hydrogen-bond donors (Lipinski definition) is 1. The summed E-state index contributed by atoms with van der Waals surface area (Å²) in [6.07, 6.45) is 11.6. The van der Waals surface area contributed by atoms with Crippen molar-refractivity contribution in [2.75, 3.05) is 0 Å². The minimum atomic E-state index is 0. The van der Waals surface area contributed by atoms with Crippen molar-refractivity contribution >= 4 is 30.0 Å². The highest BCUT2D eigenvalue weighted by molar-refractivity contribution is 5.98. The minimum absolute atomic E-state index is 0. The maximum atomic E-state index is 2.92. The van der Waals surface area contributed by atoms with Crippen molar-refractivity contribution in [3.8, 4) is 0 Å². The van der Waals surface area contributed by atoms with E-state index in [-0.39, 0.29) is 8.41 Å². The van der Waals surface area contributed by atoms with E-state index in [1.807, 2.05) is 36.7 Å². The van der Waals surface area contributed by atoms with Crippen LogP contribution in [0.25, 0.3) is 21.5 Å². The highest BCUT2D eigenvalue weighted by atomic mass is 14.8. The standard InChI is InChI=1S/C14H10.C6H7N.BH3/c1-2-6-12-10-14-8-4-3-7-13(14)9-11(12)5-1;1-2-4-6-7-5-3-1;/h1-10H;1-7H;1H3. The van der Waals surface area contributed by atoms with Gasteiger partial charge in [-0.05, 0) is 45.8 Å². The zero-order chi connectivity index (χ0) is 14.3. The van der Waals surface area contributed by atoms with Crippen LogP contribution >= 0.6 is 0 Å². The molecule has 1 heterocycles. The number of rotatable bonds is 0. The maximum Gasteiger partial charge on any atom is 0.0814 e. The van der Waals surface area contributed by atoms with Crippen molar-refractivity contribution in [2.24, 2.45) is 0 Å². The molecule has 1 nitrogen and oxygen atoms in total. The fourth-order valence-corrected chi connectivity index (χ4v) is 2.29. The first-order chi connectivity index (χ1) is 10.4. The number of hydrogen-bond acceptors (Lipinski definition) is 1. The van der Waals surface area contributed by atoms with Crippen LogP contribution in [-0.4, -0.2) is 8.41 Å². The Morgan fingerprint density at radius 1 is 0.500 bits per heavy atom. The van der Waals surface area contributed by atoms with Gasteiger partial charge in [-0.2, -0.15) is 0 Å². The lowest BCUT2D eigenvalue weighted by molar-refractivity contribution is 1.20. The van der Waals surface area contributed by atoms with Crippen LogP contribution in [0.15, 0.2) is 97.4 Å². The first-order valence-electron chi connectivity index (χ1n) is 7.05. The summed E-state index contributed by atoms with van der Waals surface area (Å²) in [5, 5.41) is 8.17. The largest absolute Gasteiger partial charge is 0.368 e. The molecule has 108 valence electrons. The zero-order valence-corrected chi connectivity index (χ0v) is 11.7. The molecule has 1 aliphatic heterocycles. The normalized spacial score (nSPS) is 12.0. The molecule has 0 radical (unpaired) electrons. The number of benzene rings is 3. The van der Waals surface area contributed by atoms with E-state index in [2.05, 4.69) is 66.0 Å². The molecule has 0 unspecified atom stereocenters. The topological polar surface area (TPSA) is 12.0 Å². The molecule has 0 saturated carbocycles. The highest BCUT2D eigenvalue weighted by Crippen LogP contribution is 2.21. The summed E-state index contributed by atoms with van der Waals surface area (Å²) < 4.78 is 0. The third-order valence-electron chi connectivity index (χ3n) is 3.33. The van der Waals surface area contributed by atoms with Crippen LogP contribution < -0.4 is 5.32 Å². The van der Waals surface area contributed by atoms with Gasteiger partial charge >= 0.3 is 0 Å². The van der Waals surface area contributed by atoms with Crippen molar-refractivity contribution in [1.82, 2.24) is 5.32 Å². The SMILES string of the molecule is B.C1=CC=CNC=C1.c1ccc2cc3ccccc3cc2c1. The molecule has 1 aliphatic rings. The summed E-state index contributed by atoms with van der Waals surface area (Å²) in [5.41, 5.74) is 0. The van der Waals surface area contributed by atoms with Gasteiger partial charge in [0, 0.05) is 12.4 Å². The molecule has 0 saturated heterocycles. The zero-order valence-electron chi connectivity index (χ0n) is 11.7. The van der Waals surface area contributed by atoms with Crippen molar-refractivity contribution in [1.29, 1.82) is 0 Å². The first kappa shape index (κ1) is 15.6. The van der Waals surface area contributed by atoms with Crippen LogP contribution in [0, 0.1) is 0 Å². The molecule has 2 heteroatoms. The average molecular weight is 285 g/mol. The van der Waals surface area contributed by atoms with Crippen LogP contribution in [-0.2, 0) is 0 Å². The molecule has 0 amide bonds. The van der Waals surface area contributed by atoms with Gasteiger partial charge in [-0.15, -0.1) is 0 Å². The Balaban J connectivity index is 0.000000189. The van der Waals surface area contributed by atoms with Crippen molar-refractivity contribution < 1.29 is 0 Å². The Hall–Kier alpha value is -2.74. The molecule has 1 N–H and O–H groups in total. The van der Waals surface area contributed by atoms with Gasteiger partial charge in [-0.1, -0.05) is 60.7 Å². The lowest BCUT2D eigenvalue weighted by atomic mass is 10.0. The number of fused-ring (bicyclic) bond motifs is 2. The molecule has 4 rings (SSSR count). The Morgan fingerprint density at radius 3 is 1.23 bits per heavy atom. The first-order valence-corrected chi connectivity index (χ1v) is 7.05. The quantitative estimate of drug-likeness (QED) is 0.486. The van der Waals surface area contributed by atoms with Gasteiger partial charge in [0.2, 0.25) is 0 Å². The Morgan fingerprint density at radius 2 is 0.864 bits per heavy atom. The molecule has 22 heavy (non-hydrogen) atoms. The summed E-state index contributed by atoms with van der Waals surface area (Å²) >= 11 is 0. The molecule has 0 spiro atoms. The van der Waals surface area contributed by atoms with E-state index in [0.29, 0.717) is 0 Å². The van der Waals surface area contributed by atoms with Crippen LogP contribution in [0.2, 0.25) is 0 Å². The van der Waals surface area contributed by atoms with E-state index < -0.39 is 0 Å². The summed E-state index contributed by atoms with van der Waals surface area (Å²) in [6.45, 7) is 0. The fraction of sp³-hybridized carbons (Fsp3) is 0. The molecule has 0 bridgehead atoms. The second kappa shape index (κ2) is 7.89. The molecule has 0 fully saturated rings. The van der Waals surface area contributed by atoms with Gasteiger partial charge in [-0.3, -0.25) is 0 Å². The average Bonchev–Trinajstić information content (AvgIpc) is 2.86. The third kappa shape index (κ3) is 3.89. The molecule has 0 atom stereocenters. The lowest BCUT2D eigenvalue weighted by Gasteiger charge is -2.00. The third-order valence-corrected chi connectivity index (χ3v) is 3.33. The maximum absolute atomic E-state index is 2.92. The molecular weight excluding hydrogens is 265 g/mol. The molecule has 3 aromatic carbocycles. The second-order valence-electron chi connectivity index (χ2n) is 4.82.